The summed E-state index contributed by atoms with van der Waals surface area (Å²) in [6.45, 7) is 5.27. The predicted molar refractivity (Wildman–Crippen MR) is 138 cm³/mol. The second-order valence-corrected chi connectivity index (χ2v) is 9.58. The first-order valence-corrected chi connectivity index (χ1v) is 12.7. The zero-order chi connectivity index (χ0) is 27.9. The summed E-state index contributed by atoms with van der Waals surface area (Å²) in [5.41, 5.74) is 1.72. The standard InChI is InChI=1S/C28H30N2O9/c1-17(2)36-27(31)20-5-4-6-24(15-20)37-22-11-7-19(8-12-22)26-25(18(3)29-39-26)16-35-28(32)38-23-13-9-21(10-14-23)30(33)34/h7-14,17,20,24H,4-6,15-16H2,1-3H3/t20-,24-/m0/s1. The van der Waals surface area contributed by atoms with E-state index >= 15 is 0 Å². The summed E-state index contributed by atoms with van der Waals surface area (Å²) in [6.07, 6.45) is 2.00. The zero-order valence-electron chi connectivity index (χ0n) is 22.0. The molecule has 0 radical (unpaired) electrons. The molecule has 0 bridgehead atoms. The minimum Gasteiger partial charge on any atom is -0.490 e. The number of hydrogen-bond donors (Lipinski definition) is 0. The molecule has 0 N–H and O–H groups in total. The molecule has 0 aliphatic heterocycles. The van der Waals surface area contributed by atoms with Crippen LogP contribution < -0.4 is 9.47 Å². The molecular weight excluding hydrogens is 508 g/mol. The lowest BCUT2D eigenvalue weighted by atomic mass is 9.87. The Hall–Kier alpha value is -4.41. The fourth-order valence-corrected chi connectivity index (χ4v) is 4.35. The number of aromatic nitrogens is 1. The highest BCUT2D eigenvalue weighted by atomic mass is 16.7. The molecule has 4 rings (SSSR count). The van der Waals surface area contributed by atoms with Crippen molar-refractivity contribution in [1.82, 2.24) is 5.16 Å². The number of esters is 1. The van der Waals surface area contributed by atoms with Crippen LogP contribution in [0.2, 0.25) is 0 Å². The number of rotatable bonds is 9. The zero-order valence-corrected chi connectivity index (χ0v) is 22.0. The van der Waals surface area contributed by atoms with Crippen LogP contribution in [0.4, 0.5) is 10.5 Å². The SMILES string of the molecule is Cc1noc(-c2ccc(O[C@H]3CCC[C@H](C(=O)OC(C)C)C3)cc2)c1COC(=O)Oc1ccc([N+](=O)[O-])cc1. The molecule has 0 amide bonds. The Labute approximate surface area is 225 Å². The average Bonchev–Trinajstić information content (AvgIpc) is 3.28. The molecule has 11 nitrogen and oxygen atoms in total. The van der Waals surface area contributed by atoms with E-state index < -0.39 is 11.1 Å². The fraction of sp³-hybridized carbons (Fsp3) is 0.393. The number of non-ortho nitro benzene ring substituents is 1. The normalized spacial score (nSPS) is 16.9. The van der Waals surface area contributed by atoms with Gasteiger partial charge in [-0.25, -0.2) is 4.79 Å². The van der Waals surface area contributed by atoms with Crippen molar-refractivity contribution in [3.63, 3.8) is 0 Å². The molecule has 206 valence electrons. The Morgan fingerprint density at radius 3 is 2.44 bits per heavy atom. The average molecular weight is 539 g/mol. The molecule has 1 fully saturated rings. The van der Waals surface area contributed by atoms with E-state index in [1.165, 1.54) is 24.3 Å². The monoisotopic (exact) mass is 538 g/mol. The van der Waals surface area contributed by atoms with Crippen molar-refractivity contribution in [3.8, 4) is 22.8 Å². The van der Waals surface area contributed by atoms with Crippen molar-refractivity contribution in [1.29, 1.82) is 0 Å². The molecule has 1 aliphatic rings. The Morgan fingerprint density at radius 2 is 1.77 bits per heavy atom. The molecule has 1 heterocycles. The summed E-state index contributed by atoms with van der Waals surface area (Å²) in [5, 5.41) is 14.8. The van der Waals surface area contributed by atoms with E-state index in [1.54, 1.807) is 6.92 Å². The third-order valence-electron chi connectivity index (χ3n) is 6.30. The summed E-state index contributed by atoms with van der Waals surface area (Å²) < 4.78 is 27.3. The van der Waals surface area contributed by atoms with Gasteiger partial charge in [0, 0.05) is 17.7 Å². The van der Waals surface area contributed by atoms with Crippen molar-refractivity contribution in [3.05, 3.63) is 69.9 Å². The van der Waals surface area contributed by atoms with Gasteiger partial charge in [0.15, 0.2) is 5.76 Å². The van der Waals surface area contributed by atoms with Gasteiger partial charge in [-0.15, -0.1) is 0 Å². The van der Waals surface area contributed by atoms with Gasteiger partial charge in [-0.05, 0) is 82.9 Å². The molecule has 3 aromatic rings. The van der Waals surface area contributed by atoms with E-state index in [0.29, 0.717) is 34.8 Å². The lowest BCUT2D eigenvalue weighted by Gasteiger charge is -2.29. The first-order chi connectivity index (χ1) is 18.7. The van der Waals surface area contributed by atoms with Crippen molar-refractivity contribution >= 4 is 17.8 Å². The number of aryl methyl sites for hydroxylation is 1. The minimum absolute atomic E-state index is 0.0763. The van der Waals surface area contributed by atoms with Crippen LogP contribution in [-0.4, -0.2) is 34.4 Å². The number of nitro benzene ring substituents is 1. The molecule has 39 heavy (non-hydrogen) atoms. The third-order valence-corrected chi connectivity index (χ3v) is 6.30. The van der Waals surface area contributed by atoms with Gasteiger partial charge in [0.1, 0.15) is 18.1 Å². The van der Waals surface area contributed by atoms with Crippen LogP contribution in [0.1, 0.15) is 50.8 Å². The maximum absolute atomic E-state index is 12.3. The first kappa shape index (κ1) is 27.6. The predicted octanol–water partition coefficient (Wildman–Crippen LogP) is 6.16. The van der Waals surface area contributed by atoms with Gasteiger partial charge in [-0.3, -0.25) is 14.9 Å². The summed E-state index contributed by atoms with van der Waals surface area (Å²) in [7, 11) is 0. The van der Waals surface area contributed by atoms with Crippen LogP contribution in [0.5, 0.6) is 11.5 Å². The lowest BCUT2D eigenvalue weighted by molar-refractivity contribution is -0.384. The maximum Gasteiger partial charge on any atom is 0.514 e. The van der Waals surface area contributed by atoms with Crippen LogP contribution in [-0.2, 0) is 20.9 Å². The highest BCUT2D eigenvalue weighted by molar-refractivity contribution is 5.72. The quantitative estimate of drug-likeness (QED) is 0.134. The van der Waals surface area contributed by atoms with E-state index in [0.717, 1.165) is 19.3 Å². The second kappa shape index (κ2) is 12.4. The molecule has 1 saturated carbocycles. The highest BCUT2D eigenvalue weighted by Crippen LogP contribution is 2.32. The van der Waals surface area contributed by atoms with Crippen molar-refractivity contribution in [2.75, 3.05) is 0 Å². The van der Waals surface area contributed by atoms with E-state index in [1.807, 2.05) is 38.1 Å². The molecule has 2 aromatic carbocycles. The molecule has 1 aliphatic carbocycles. The number of nitro groups is 1. The Morgan fingerprint density at radius 1 is 1.08 bits per heavy atom. The van der Waals surface area contributed by atoms with Crippen molar-refractivity contribution < 1.29 is 38.0 Å². The number of benzene rings is 2. The van der Waals surface area contributed by atoms with Gasteiger partial charge >= 0.3 is 12.1 Å². The third kappa shape index (κ3) is 7.34. The van der Waals surface area contributed by atoms with E-state index in [2.05, 4.69) is 5.16 Å². The van der Waals surface area contributed by atoms with Crippen LogP contribution in [0, 0.1) is 23.0 Å². The summed E-state index contributed by atoms with van der Waals surface area (Å²) >= 11 is 0. The Bertz CT molecular complexity index is 1300. The van der Waals surface area contributed by atoms with Crippen molar-refractivity contribution in [2.24, 2.45) is 5.92 Å². The fourth-order valence-electron chi connectivity index (χ4n) is 4.35. The Balaban J connectivity index is 1.34. The highest BCUT2D eigenvalue weighted by Gasteiger charge is 2.30. The summed E-state index contributed by atoms with van der Waals surface area (Å²) in [4.78, 5) is 34.7. The number of carbonyl (C=O) groups is 2. The van der Waals surface area contributed by atoms with Gasteiger partial charge in [-0.1, -0.05) is 5.16 Å². The van der Waals surface area contributed by atoms with Gasteiger partial charge in [0.2, 0.25) is 0 Å². The number of nitrogens with zero attached hydrogens (tertiary/aromatic N) is 2. The first-order valence-electron chi connectivity index (χ1n) is 12.7. The molecule has 2 atom stereocenters. The molecule has 0 saturated heterocycles. The van der Waals surface area contributed by atoms with Crippen LogP contribution in [0.15, 0.2) is 53.1 Å². The minimum atomic E-state index is -0.970. The van der Waals surface area contributed by atoms with E-state index in [9.17, 15) is 19.7 Å². The van der Waals surface area contributed by atoms with Crippen LogP contribution in [0.3, 0.4) is 0 Å². The van der Waals surface area contributed by atoms with E-state index in [4.69, 9.17) is 23.5 Å². The van der Waals surface area contributed by atoms with Crippen molar-refractivity contribution in [2.45, 2.75) is 65.3 Å². The maximum atomic E-state index is 12.3. The van der Waals surface area contributed by atoms with Gasteiger partial charge < -0.3 is 23.5 Å². The number of hydrogen-bond acceptors (Lipinski definition) is 10. The molecule has 0 unspecified atom stereocenters. The molecule has 1 aromatic heterocycles. The largest absolute Gasteiger partial charge is 0.514 e. The summed E-state index contributed by atoms with van der Waals surface area (Å²) in [6, 6.07) is 12.3. The second-order valence-electron chi connectivity index (χ2n) is 9.58. The lowest BCUT2D eigenvalue weighted by Crippen LogP contribution is -2.31. The molecule has 0 spiro atoms. The van der Waals surface area contributed by atoms with Gasteiger partial charge in [0.25, 0.3) is 5.69 Å². The Kier molecular flexibility index (Phi) is 8.80. The number of ether oxygens (including phenoxy) is 4. The molecule has 11 heteroatoms. The van der Waals surface area contributed by atoms with Gasteiger partial charge in [-0.2, -0.15) is 0 Å². The van der Waals surface area contributed by atoms with Crippen LogP contribution in [0.25, 0.3) is 11.3 Å². The van der Waals surface area contributed by atoms with E-state index in [-0.39, 0.29) is 42.1 Å². The smallest absolute Gasteiger partial charge is 0.490 e. The van der Waals surface area contributed by atoms with Crippen LogP contribution >= 0.6 is 0 Å². The number of carbonyl (C=O) groups excluding carboxylic acids is 2. The molecular formula is C28H30N2O9. The summed E-state index contributed by atoms with van der Waals surface area (Å²) in [5.74, 6) is 0.904. The topological polar surface area (TPSA) is 140 Å². The van der Waals surface area contributed by atoms with Gasteiger partial charge in [0.05, 0.1) is 34.3 Å².